The molecule has 1 N–H and O–H groups in total. The summed E-state index contributed by atoms with van der Waals surface area (Å²) in [6.07, 6.45) is 2.41. The standard InChI is InChI=1S/C13H23N3O2S/c1-13(2,3)18-12(17)15-6-9-16(4)8-5-11-14-7-10-19-11/h7,10H,5-6,8-9H2,1-4H3,(H,15,17). The number of nitrogens with one attached hydrogen (secondary N) is 1. The molecule has 1 amide bonds. The summed E-state index contributed by atoms with van der Waals surface area (Å²) in [4.78, 5) is 17.8. The lowest BCUT2D eigenvalue weighted by Crippen LogP contribution is -2.37. The molecule has 19 heavy (non-hydrogen) atoms. The minimum Gasteiger partial charge on any atom is -0.444 e. The monoisotopic (exact) mass is 285 g/mol. The molecule has 5 nitrogen and oxygen atoms in total. The van der Waals surface area contributed by atoms with Crippen molar-refractivity contribution in [2.24, 2.45) is 0 Å². The summed E-state index contributed by atoms with van der Waals surface area (Å²) in [5, 5.41) is 5.88. The van der Waals surface area contributed by atoms with Crippen LogP contribution in [0.15, 0.2) is 11.6 Å². The maximum atomic E-state index is 11.4. The van der Waals surface area contributed by atoms with Gasteiger partial charge in [0.25, 0.3) is 0 Å². The molecular weight excluding hydrogens is 262 g/mol. The van der Waals surface area contributed by atoms with Crippen LogP contribution in [0, 0.1) is 0 Å². The normalized spacial score (nSPS) is 11.6. The molecule has 0 spiro atoms. The highest BCUT2D eigenvalue weighted by atomic mass is 32.1. The molecule has 1 aromatic heterocycles. The number of hydrogen-bond donors (Lipinski definition) is 1. The van der Waals surface area contributed by atoms with Crippen LogP contribution < -0.4 is 5.32 Å². The molecule has 0 atom stereocenters. The molecule has 1 heterocycles. The predicted molar refractivity (Wildman–Crippen MR) is 77.6 cm³/mol. The van der Waals surface area contributed by atoms with Gasteiger partial charge in [-0.15, -0.1) is 11.3 Å². The Hall–Kier alpha value is -1.14. The minimum absolute atomic E-state index is 0.360. The van der Waals surface area contributed by atoms with Crippen LogP contribution in [0.1, 0.15) is 25.8 Å². The van der Waals surface area contributed by atoms with Crippen LogP contribution in [0.5, 0.6) is 0 Å². The molecule has 0 saturated carbocycles. The van der Waals surface area contributed by atoms with Crippen LogP contribution in [0.2, 0.25) is 0 Å². The number of carbonyl (C=O) groups is 1. The SMILES string of the molecule is CN(CCNC(=O)OC(C)(C)C)CCc1nccs1. The van der Waals surface area contributed by atoms with E-state index < -0.39 is 5.60 Å². The number of hydrogen-bond acceptors (Lipinski definition) is 5. The fraction of sp³-hybridized carbons (Fsp3) is 0.692. The van der Waals surface area contributed by atoms with Gasteiger partial charge in [0.1, 0.15) is 5.60 Å². The van der Waals surface area contributed by atoms with E-state index in [-0.39, 0.29) is 6.09 Å². The van der Waals surface area contributed by atoms with Crippen LogP contribution in [-0.2, 0) is 11.2 Å². The number of rotatable bonds is 6. The summed E-state index contributed by atoms with van der Waals surface area (Å²) in [6.45, 7) is 7.88. The Labute approximate surface area is 119 Å². The highest BCUT2D eigenvalue weighted by Gasteiger charge is 2.15. The number of aromatic nitrogens is 1. The Morgan fingerprint density at radius 2 is 2.21 bits per heavy atom. The van der Waals surface area contributed by atoms with Gasteiger partial charge in [0.05, 0.1) is 5.01 Å². The topological polar surface area (TPSA) is 54.5 Å². The molecule has 0 bridgehead atoms. The fourth-order valence-electron chi connectivity index (χ4n) is 1.44. The van der Waals surface area contributed by atoms with E-state index >= 15 is 0 Å². The summed E-state index contributed by atoms with van der Waals surface area (Å²) in [5.74, 6) is 0. The number of amides is 1. The Morgan fingerprint density at radius 1 is 1.47 bits per heavy atom. The van der Waals surface area contributed by atoms with E-state index in [1.54, 1.807) is 11.3 Å². The van der Waals surface area contributed by atoms with Crippen molar-refractivity contribution in [1.29, 1.82) is 0 Å². The number of nitrogens with zero attached hydrogens (tertiary/aromatic N) is 2. The van der Waals surface area contributed by atoms with Crippen LogP contribution in [0.25, 0.3) is 0 Å². The second kappa shape index (κ2) is 7.45. The van der Waals surface area contributed by atoms with Crippen LogP contribution in [0.3, 0.4) is 0 Å². The maximum Gasteiger partial charge on any atom is 0.407 e. The maximum absolute atomic E-state index is 11.4. The van der Waals surface area contributed by atoms with Gasteiger partial charge in [-0.1, -0.05) is 0 Å². The molecule has 108 valence electrons. The predicted octanol–water partition coefficient (Wildman–Crippen LogP) is 2.14. The summed E-state index contributed by atoms with van der Waals surface area (Å²) in [5.41, 5.74) is -0.444. The molecular formula is C13H23N3O2S. The Bertz CT molecular complexity index is 374. The zero-order valence-electron chi connectivity index (χ0n) is 12.1. The van der Waals surface area contributed by atoms with Crippen molar-refractivity contribution >= 4 is 17.4 Å². The van der Waals surface area contributed by atoms with E-state index in [0.717, 1.165) is 24.5 Å². The Morgan fingerprint density at radius 3 is 2.79 bits per heavy atom. The Balaban J connectivity index is 2.10. The molecule has 0 aromatic carbocycles. The molecule has 0 aliphatic carbocycles. The van der Waals surface area contributed by atoms with Crippen molar-refractivity contribution in [2.45, 2.75) is 32.8 Å². The summed E-state index contributed by atoms with van der Waals surface area (Å²) < 4.78 is 5.16. The van der Waals surface area contributed by atoms with Crippen molar-refractivity contribution in [1.82, 2.24) is 15.2 Å². The smallest absolute Gasteiger partial charge is 0.407 e. The molecule has 0 radical (unpaired) electrons. The van der Waals surface area contributed by atoms with Gasteiger partial charge in [-0.25, -0.2) is 9.78 Å². The van der Waals surface area contributed by atoms with Crippen molar-refractivity contribution in [3.8, 4) is 0 Å². The molecule has 0 fully saturated rings. The van der Waals surface area contributed by atoms with Gasteiger partial charge in [-0.05, 0) is 27.8 Å². The third-order valence-corrected chi connectivity index (χ3v) is 3.19. The summed E-state index contributed by atoms with van der Waals surface area (Å²) in [6, 6.07) is 0. The van der Waals surface area contributed by atoms with E-state index in [1.165, 1.54) is 0 Å². The van der Waals surface area contributed by atoms with Gasteiger partial charge in [-0.3, -0.25) is 0 Å². The van der Waals surface area contributed by atoms with E-state index in [1.807, 2.05) is 39.4 Å². The molecule has 6 heteroatoms. The molecule has 0 aliphatic heterocycles. The molecule has 1 aromatic rings. The molecule has 0 unspecified atom stereocenters. The fourth-order valence-corrected chi connectivity index (χ4v) is 2.05. The van der Waals surface area contributed by atoms with Crippen LogP contribution in [0.4, 0.5) is 4.79 Å². The molecule has 1 rings (SSSR count). The average molecular weight is 285 g/mol. The second-order valence-corrected chi connectivity index (χ2v) is 6.39. The van der Waals surface area contributed by atoms with Crippen LogP contribution in [-0.4, -0.2) is 48.3 Å². The van der Waals surface area contributed by atoms with Crippen molar-refractivity contribution in [3.63, 3.8) is 0 Å². The number of alkyl carbamates (subject to hydrolysis) is 1. The van der Waals surface area contributed by atoms with Gasteiger partial charge in [0.2, 0.25) is 0 Å². The lowest BCUT2D eigenvalue weighted by molar-refractivity contribution is 0.0523. The lowest BCUT2D eigenvalue weighted by atomic mass is 10.2. The summed E-state index contributed by atoms with van der Waals surface area (Å²) >= 11 is 1.67. The third kappa shape index (κ3) is 7.79. The number of likely N-dealkylation sites (N-methyl/N-ethyl adjacent to an activating group) is 1. The van der Waals surface area contributed by atoms with Crippen molar-refractivity contribution in [2.75, 3.05) is 26.7 Å². The summed E-state index contributed by atoms with van der Waals surface area (Å²) in [7, 11) is 2.03. The van der Waals surface area contributed by atoms with Gasteiger partial charge in [-0.2, -0.15) is 0 Å². The first kappa shape index (κ1) is 15.9. The molecule has 0 aliphatic rings. The van der Waals surface area contributed by atoms with Gasteiger partial charge < -0.3 is 15.0 Å². The van der Waals surface area contributed by atoms with Gasteiger partial charge in [0.15, 0.2) is 0 Å². The highest BCUT2D eigenvalue weighted by Crippen LogP contribution is 2.06. The minimum atomic E-state index is -0.444. The Kier molecular flexibility index (Phi) is 6.24. The van der Waals surface area contributed by atoms with Crippen LogP contribution >= 0.6 is 11.3 Å². The van der Waals surface area contributed by atoms with E-state index in [9.17, 15) is 4.79 Å². The largest absolute Gasteiger partial charge is 0.444 e. The first-order valence-electron chi connectivity index (χ1n) is 6.40. The molecule has 0 saturated heterocycles. The number of ether oxygens (including phenoxy) is 1. The van der Waals surface area contributed by atoms with Gasteiger partial charge in [0, 0.05) is 37.6 Å². The van der Waals surface area contributed by atoms with Gasteiger partial charge >= 0.3 is 6.09 Å². The second-order valence-electron chi connectivity index (χ2n) is 5.41. The van der Waals surface area contributed by atoms with E-state index in [4.69, 9.17) is 4.74 Å². The first-order valence-corrected chi connectivity index (χ1v) is 7.28. The zero-order chi connectivity index (χ0) is 14.3. The van der Waals surface area contributed by atoms with E-state index in [2.05, 4.69) is 15.2 Å². The lowest BCUT2D eigenvalue weighted by Gasteiger charge is -2.21. The number of thiazole rings is 1. The van der Waals surface area contributed by atoms with Crippen molar-refractivity contribution < 1.29 is 9.53 Å². The third-order valence-electron chi connectivity index (χ3n) is 2.35. The first-order chi connectivity index (χ1) is 8.87. The van der Waals surface area contributed by atoms with Crippen molar-refractivity contribution in [3.05, 3.63) is 16.6 Å². The zero-order valence-corrected chi connectivity index (χ0v) is 12.9. The van der Waals surface area contributed by atoms with E-state index in [0.29, 0.717) is 6.54 Å². The quantitative estimate of drug-likeness (QED) is 0.870. The highest BCUT2D eigenvalue weighted by molar-refractivity contribution is 7.09. The number of carbonyl (C=O) groups excluding carboxylic acids is 1. The average Bonchev–Trinajstić information content (AvgIpc) is 2.76.